The summed E-state index contributed by atoms with van der Waals surface area (Å²) in [6.45, 7) is 2.08. The molecule has 0 aliphatic rings. The van der Waals surface area contributed by atoms with Crippen molar-refractivity contribution in [3.05, 3.63) is 41.9 Å². The van der Waals surface area contributed by atoms with Gasteiger partial charge in [-0.25, -0.2) is 4.98 Å². The number of hydrogen-bond acceptors (Lipinski definition) is 2. The number of aromatic nitrogens is 2. The van der Waals surface area contributed by atoms with Crippen molar-refractivity contribution >= 4 is 12.6 Å². The molecule has 0 saturated heterocycles. The summed E-state index contributed by atoms with van der Waals surface area (Å²) in [4.78, 5) is 7.43. The molecule has 14 heavy (non-hydrogen) atoms. The number of benzene rings is 1. The van der Waals surface area contributed by atoms with Crippen LogP contribution in [0.3, 0.4) is 0 Å². The van der Waals surface area contributed by atoms with Gasteiger partial charge in [0.25, 0.3) is 0 Å². The molecule has 0 fully saturated rings. The van der Waals surface area contributed by atoms with Crippen LogP contribution < -0.4 is 0 Å². The third-order valence-electron chi connectivity index (χ3n) is 2.11. The molecule has 1 aromatic carbocycles. The molecule has 2 aromatic rings. The molecular weight excluding hydrogens is 192 g/mol. The molecule has 0 saturated carbocycles. The minimum absolute atomic E-state index is 0.645. The number of nitrogens with zero attached hydrogens (tertiary/aromatic N) is 1. The van der Waals surface area contributed by atoms with Crippen molar-refractivity contribution in [1.82, 2.24) is 9.97 Å². The second-order valence-electron chi connectivity index (χ2n) is 3.27. The molecule has 0 radical (unpaired) electrons. The van der Waals surface area contributed by atoms with Crippen LogP contribution in [0.4, 0.5) is 0 Å². The Morgan fingerprint density at radius 2 is 2.29 bits per heavy atom. The number of nitrogens with one attached hydrogen (secondary N) is 1. The first-order valence-electron chi connectivity index (χ1n) is 4.51. The molecule has 0 amide bonds. The van der Waals surface area contributed by atoms with Crippen molar-refractivity contribution in [2.45, 2.75) is 12.7 Å². The van der Waals surface area contributed by atoms with Crippen LogP contribution in [0, 0.1) is 6.92 Å². The zero-order chi connectivity index (χ0) is 9.97. The molecule has 2 rings (SSSR count). The monoisotopic (exact) mass is 204 g/mol. The van der Waals surface area contributed by atoms with Gasteiger partial charge in [0.15, 0.2) is 0 Å². The van der Waals surface area contributed by atoms with Crippen molar-refractivity contribution in [2.75, 3.05) is 0 Å². The lowest BCUT2D eigenvalue weighted by atomic mass is 10.1. The fraction of sp³-hybridized carbons (Fsp3) is 0.182. The van der Waals surface area contributed by atoms with Gasteiger partial charge in [-0.2, -0.15) is 12.6 Å². The number of imidazole rings is 1. The predicted octanol–water partition coefficient (Wildman–Crippen LogP) is 2.81. The summed E-state index contributed by atoms with van der Waals surface area (Å²) in [7, 11) is 0. The Morgan fingerprint density at radius 3 is 2.93 bits per heavy atom. The molecule has 1 N–H and O–H groups in total. The quantitative estimate of drug-likeness (QED) is 0.723. The summed E-state index contributed by atoms with van der Waals surface area (Å²) in [6, 6.07) is 8.34. The van der Waals surface area contributed by atoms with E-state index in [0.29, 0.717) is 5.75 Å². The van der Waals surface area contributed by atoms with Crippen LogP contribution >= 0.6 is 12.6 Å². The third-order valence-corrected chi connectivity index (χ3v) is 2.41. The van der Waals surface area contributed by atoms with Crippen molar-refractivity contribution < 1.29 is 0 Å². The lowest BCUT2D eigenvalue weighted by molar-refractivity contribution is 1.13. The van der Waals surface area contributed by atoms with Crippen molar-refractivity contribution in [3.8, 4) is 11.3 Å². The summed E-state index contributed by atoms with van der Waals surface area (Å²) < 4.78 is 0. The molecule has 0 spiro atoms. The zero-order valence-electron chi connectivity index (χ0n) is 7.99. The SMILES string of the molecule is Cc1cccc(-c2cnc(CS)[nH]2)c1. The summed E-state index contributed by atoms with van der Waals surface area (Å²) in [5.41, 5.74) is 3.48. The number of aryl methyl sites for hydroxylation is 1. The predicted molar refractivity (Wildman–Crippen MR) is 61.5 cm³/mol. The molecule has 0 aliphatic carbocycles. The van der Waals surface area contributed by atoms with Crippen LogP contribution in [0.2, 0.25) is 0 Å². The van der Waals surface area contributed by atoms with E-state index in [0.717, 1.165) is 11.5 Å². The fourth-order valence-corrected chi connectivity index (χ4v) is 1.56. The summed E-state index contributed by atoms with van der Waals surface area (Å²) in [5.74, 6) is 1.55. The smallest absolute Gasteiger partial charge is 0.116 e. The average Bonchev–Trinajstić information content (AvgIpc) is 2.66. The summed E-state index contributed by atoms with van der Waals surface area (Å²) in [5, 5.41) is 0. The minimum atomic E-state index is 0.645. The molecule has 0 aliphatic heterocycles. The van der Waals surface area contributed by atoms with Crippen LogP contribution in [-0.2, 0) is 5.75 Å². The van der Waals surface area contributed by atoms with Crippen LogP contribution in [0.25, 0.3) is 11.3 Å². The molecule has 72 valence electrons. The van der Waals surface area contributed by atoms with Gasteiger partial charge in [0.2, 0.25) is 0 Å². The topological polar surface area (TPSA) is 28.7 Å². The molecular formula is C11H12N2S. The van der Waals surface area contributed by atoms with Gasteiger partial charge >= 0.3 is 0 Å². The van der Waals surface area contributed by atoms with Crippen LogP contribution in [0.5, 0.6) is 0 Å². The van der Waals surface area contributed by atoms with Gasteiger partial charge in [0.05, 0.1) is 11.9 Å². The second-order valence-corrected chi connectivity index (χ2v) is 3.59. The van der Waals surface area contributed by atoms with E-state index in [9.17, 15) is 0 Å². The maximum absolute atomic E-state index is 4.21. The van der Waals surface area contributed by atoms with Crippen molar-refractivity contribution in [3.63, 3.8) is 0 Å². The molecule has 2 nitrogen and oxygen atoms in total. The minimum Gasteiger partial charge on any atom is -0.341 e. The molecule has 0 atom stereocenters. The molecule has 1 aromatic heterocycles. The van der Waals surface area contributed by atoms with Gasteiger partial charge < -0.3 is 4.98 Å². The fourth-order valence-electron chi connectivity index (χ4n) is 1.40. The standard InChI is InChI=1S/C11H12N2S/c1-8-3-2-4-9(5-8)10-6-12-11(7-14)13-10/h2-6,14H,7H2,1H3,(H,12,13). The highest BCUT2D eigenvalue weighted by molar-refractivity contribution is 7.79. The second kappa shape index (κ2) is 3.88. The van der Waals surface area contributed by atoms with Crippen LogP contribution in [-0.4, -0.2) is 9.97 Å². The van der Waals surface area contributed by atoms with E-state index in [4.69, 9.17) is 0 Å². The number of thiol groups is 1. The normalized spacial score (nSPS) is 10.4. The lowest BCUT2D eigenvalue weighted by Crippen LogP contribution is -1.81. The molecule has 3 heteroatoms. The molecule has 0 bridgehead atoms. The molecule has 1 heterocycles. The van der Waals surface area contributed by atoms with E-state index in [1.807, 2.05) is 12.3 Å². The van der Waals surface area contributed by atoms with E-state index in [2.05, 4.69) is 47.7 Å². The van der Waals surface area contributed by atoms with Crippen LogP contribution in [0.1, 0.15) is 11.4 Å². The van der Waals surface area contributed by atoms with Crippen molar-refractivity contribution in [1.29, 1.82) is 0 Å². The van der Waals surface area contributed by atoms with Gasteiger partial charge in [-0.3, -0.25) is 0 Å². The third kappa shape index (κ3) is 1.82. The highest BCUT2D eigenvalue weighted by Crippen LogP contribution is 2.18. The van der Waals surface area contributed by atoms with Gasteiger partial charge in [-0.15, -0.1) is 0 Å². The summed E-state index contributed by atoms with van der Waals surface area (Å²) >= 11 is 4.16. The molecule has 0 unspecified atom stereocenters. The Morgan fingerprint density at radius 1 is 1.43 bits per heavy atom. The number of hydrogen-bond donors (Lipinski definition) is 2. The number of rotatable bonds is 2. The van der Waals surface area contributed by atoms with E-state index in [1.165, 1.54) is 11.1 Å². The average molecular weight is 204 g/mol. The Kier molecular flexibility index (Phi) is 2.59. The first-order chi connectivity index (χ1) is 6.79. The Labute approximate surface area is 88.8 Å². The van der Waals surface area contributed by atoms with E-state index >= 15 is 0 Å². The van der Waals surface area contributed by atoms with Gasteiger partial charge in [-0.1, -0.05) is 23.8 Å². The Balaban J connectivity index is 2.39. The number of aromatic amines is 1. The largest absolute Gasteiger partial charge is 0.341 e. The van der Waals surface area contributed by atoms with E-state index in [1.54, 1.807) is 0 Å². The van der Waals surface area contributed by atoms with Crippen molar-refractivity contribution in [2.24, 2.45) is 0 Å². The maximum Gasteiger partial charge on any atom is 0.116 e. The Hall–Kier alpha value is -1.22. The first kappa shape index (κ1) is 9.34. The maximum atomic E-state index is 4.21. The summed E-state index contributed by atoms with van der Waals surface area (Å²) in [6.07, 6.45) is 1.85. The van der Waals surface area contributed by atoms with E-state index < -0.39 is 0 Å². The first-order valence-corrected chi connectivity index (χ1v) is 5.14. The zero-order valence-corrected chi connectivity index (χ0v) is 8.88. The van der Waals surface area contributed by atoms with Gasteiger partial charge in [0.1, 0.15) is 5.82 Å². The van der Waals surface area contributed by atoms with Gasteiger partial charge in [-0.05, 0) is 18.6 Å². The lowest BCUT2D eigenvalue weighted by Gasteiger charge is -1.98. The van der Waals surface area contributed by atoms with Crippen LogP contribution in [0.15, 0.2) is 30.5 Å². The Bertz CT molecular complexity index is 434. The highest BCUT2D eigenvalue weighted by Gasteiger charge is 2.01. The highest BCUT2D eigenvalue weighted by atomic mass is 32.1. The van der Waals surface area contributed by atoms with Gasteiger partial charge in [0, 0.05) is 5.75 Å². The number of H-pyrrole nitrogens is 1. The van der Waals surface area contributed by atoms with E-state index in [-0.39, 0.29) is 0 Å².